The van der Waals surface area contributed by atoms with Gasteiger partial charge in [0.25, 0.3) is 0 Å². The summed E-state index contributed by atoms with van der Waals surface area (Å²) < 4.78 is 1.85. The van der Waals surface area contributed by atoms with Crippen molar-refractivity contribution in [3.05, 3.63) is 34.7 Å². The summed E-state index contributed by atoms with van der Waals surface area (Å²) in [6.07, 6.45) is 2.18. The molecule has 1 fully saturated rings. The Labute approximate surface area is 108 Å². The molecule has 6 nitrogen and oxygen atoms in total. The van der Waals surface area contributed by atoms with Crippen LogP contribution in [0.5, 0.6) is 0 Å². The van der Waals surface area contributed by atoms with Gasteiger partial charge in [0.2, 0.25) is 0 Å². The van der Waals surface area contributed by atoms with E-state index in [1.165, 1.54) is 0 Å². The molecule has 0 radical (unpaired) electrons. The number of benzene rings is 1. The molecule has 96 valence electrons. The molecule has 1 aromatic carbocycles. The van der Waals surface area contributed by atoms with Gasteiger partial charge in [0.15, 0.2) is 0 Å². The number of imidazole rings is 1. The van der Waals surface area contributed by atoms with Crippen LogP contribution >= 0.6 is 0 Å². The lowest BCUT2D eigenvalue weighted by Crippen LogP contribution is -2.14. The van der Waals surface area contributed by atoms with E-state index in [2.05, 4.69) is 15.2 Å². The highest BCUT2D eigenvalue weighted by Gasteiger charge is 2.27. The van der Waals surface area contributed by atoms with E-state index in [0.29, 0.717) is 11.9 Å². The van der Waals surface area contributed by atoms with Crippen LogP contribution in [-0.4, -0.2) is 19.7 Å². The van der Waals surface area contributed by atoms with Gasteiger partial charge in [0, 0.05) is 17.7 Å². The molecule has 0 bridgehead atoms. The van der Waals surface area contributed by atoms with E-state index in [1.807, 2.05) is 22.8 Å². The van der Waals surface area contributed by atoms with Gasteiger partial charge in [-0.1, -0.05) is 6.07 Å². The maximum atomic E-state index is 11.9. The van der Waals surface area contributed by atoms with Gasteiger partial charge >= 0.3 is 5.69 Å². The van der Waals surface area contributed by atoms with E-state index in [4.69, 9.17) is 5.73 Å². The SMILES string of the molecule is Nc1cc(-c2ccc3c(c2)[nH]c(=O)n3C2CC2)[nH]n1. The molecule has 3 aromatic rings. The number of nitrogens with zero attached hydrogens (tertiary/aromatic N) is 2. The van der Waals surface area contributed by atoms with Crippen molar-refractivity contribution in [1.82, 2.24) is 19.7 Å². The molecule has 0 amide bonds. The van der Waals surface area contributed by atoms with E-state index in [0.717, 1.165) is 35.1 Å². The highest BCUT2D eigenvalue weighted by atomic mass is 16.1. The lowest BCUT2D eigenvalue weighted by Gasteiger charge is -2.01. The monoisotopic (exact) mass is 255 g/mol. The Kier molecular flexibility index (Phi) is 1.92. The number of hydrogen-bond donors (Lipinski definition) is 3. The summed E-state index contributed by atoms with van der Waals surface area (Å²) in [5.74, 6) is 0.458. The lowest BCUT2D eigenvalue weighted by molar-refractivity contribution is 0.733. The highest BCUT2D eigenvalue weighted by Crippen LogP contribution is 2.36. The smallest absolute Gasteiger partial charge is 0.326 e. The fourth-order valence-electron chi connectivity index (χ4n) is 2.48. The standard InChI is InChI=1S/C13H13N5O/c14-12-6-9(16-17-12)7-1-4-11-10(5-7)15-13(19)18(11)8-2-3-8/h1,4-6,8H,2-3H2,(H,15,19)(H3,14,16,17). The van der Waals surface area contributed by atoms with Crippen molar-refractivity contribution in [2.24, 2.45) is 0 Å². The summed E-state index contributed by atoms with van der Waals surface area (Å²) in [6, 6.07) is 8.04. The molecule has 2 heterocycles. The van der Waals surface area contributed by atoms with E-state index in [9.17, 15) is 4.79 Å². The number of hydrogen-bond acceptors (Lipinski definition) is 3. The number of aromatic nitrogens is 4. The zero-order valence-electron chi connectivity index (χ0n) is 10.2. The van der Waals surface area contributed by atoms with Gasteiger partial charge in [-0.3, -0.25) is 9.67 Å². The van der Waals surface area contributed by atoms with Gasteiger partial charge in [-0.2, -0.15) is 5.10 Å². The predicted octanol–water partition coefficient (Wildman–Crippen LogP) is 1.64. The second-order valence-electron chi connectivity index (χ2n) is 4.97. The first-order chi connectivity index (χ1) is 9.22. The van der Waals surface area contributed by atoms with Crippen molar-refractivity contribution >= 4 is 16.9 Å². The van der Waals surface area contributed by atoms with Crippen LogP contribution in [0.25, 0.3) is 22.3 Å². The van der Waals surface area contributed by atoms with Crippen molar-refractivity contribution in [3.8, 4) is 11.3 Å². The Morgan fingerprint density at radius 3 is 2.84 bits per heavy atom. The fourth-order valence-corrected chi connectivity index (χ4v) is 2.48. The van der Waals surface area contributed by atoms with Crippen LogP contribution in [0.3, 0.4) is 0 Å². The Morgan fingerprint density at radius 2 is 2.16 bits per heavy atom. The van der Waals surface area contributed by atoms with Crippen LogP contribution in [0.2, 0.25) is 0 Å². The number of fused-ring (bicyclic) bond motifs is 1. The Morgan fingerprint density at radius 1 is 1.32 bits per heavy atom. The molecule has 1 aliphatic carbocycles. The summed E-state index contributed by atoms with van der Waals surface area (Å²) in [5, 5.41) is 6.78. The third-order valence-electron chi connectivity index (χ3n) is 3.54. The third-order valence-corrected chi connectivity index (χ3v) is 3.54. The fraction of sp³-hybridized carbons (Fsp3) is 0.231. The van der Waals surface area contributed by atoms with Crippen molar-refractivity contribution in [1.29, 1.82) is 0 Å². The van der Waals surface area contributed by atoms with Gasteiger partial charge in [-0.25, -0.2) is 4.79 Å². The van der Waals surface area contributed by atoms with Crippen LogP contribution in [-0.2, 0) is 0 Å². The average Bonchev–Trinajstić information content (AvgIpc) is 3.03. The second kappa shape index (κ2) is 3.50. The number of rotatable bonds is 2. The molecular weight excluding hydrogens is 242 g/mol. The summed E-state index contributed by atoms with van der Waals surface area (Å²) in [4.78, 5) is 14.8. The van der Waals surface area contributed by atoms with E-state index in [1.54, 1.807) is 6.07 Å². The molecule has 0 spiro atoms. The highest BCUT2D eigenvalue weighted by molar-refractivity contribution is 5.81. The first kappa shape index (κ1) is 10.4. The molecule has 0 atom stereocenters. The third kappa shape index (κ3) is 1.56. The Hall–Kier alpha value is -2.50. The number of anilines is 1. The summed E-state index contributed by atoms with van der Waals surface area (Å²) in [7, 11) is 0. The lowest BCUT2D eigenvalue weighted by atomic mass is 10.1. The van der Waals surface area contributed by atoms with Gasteiger partial charge in [0.05, 0.1) is 16.7 Å². The molecular formula is C13H13N5O. The zero-order chi connectivity index (χ0) is 13.0. The molecule has 1 saturated carbocycles. The minimum atomic E-state index is -0.0289. The quantitative estimate of drug-likeness (QED) is 0.649. The van der Waals surface area contributed by atoms with Crippen LogP contribution in [0.1, 0.15) is 18.9 Å². The minimum Gasteiger partial charge on any atom is -0.382 e. The van der Waals surface area contributed by atoms with E-state index in [-0.39, 0.29) is 5.69 Å². The van der Waals surface area contributed by atoms with Crippen LogP contribution in [0.15, 0.2) is 29.1 Å². The number of nitrogens with one attached hydrogen (secondary N) is 2. The number of nitrogens with two attached hydrogens (primary N) is 1. The second-order valence-corrected chi connectivity index (χ2v) is 4.97. The first-order valence-corrected chi connectivity index (χ1v) is 6.28. The number of aromatic amines is 2. The van der Waals surface area contributed by atoms with Crippen molar-refractivity contribution in [2.45, 2.75) is 18.9 Å². The van der Waals surface area contributed by atoms with Gasteiger partial charge in [0.1, 0.15) is 5.82 Å². The molecule has 1 aliphatic rings. The molecule has 4 N–H and O–H groups in total. The average molecular weight is 255 g/mol. The van der Waals surface area contributed by atoms with Crippen LogP contribution in [0.4, 0.5) is 5.82 Å². The summed E-state index contributed by atoms with van der Waals surface area (Å²) in [5.41, 5.74) is 9.19. The normalized spacial score (nSPS) is 15.2. The maximum Gasteiger partial charge on any atom is 0.326 e. The number of nitrogen functional groups attached to an aromatic ring is 1. The van der Waals surface area contributed by atoms with Crippen molar-refractivity contribution in [2.75, 3.05) is 5.73 Å². The van der Waals surface area contributed by atoms with Crippen LogP contribution < -0.4 is 11.4 Å². The molecule has 0 aliphatic heterocycles. The van der Waals surface area contributed by atoms with Gasteiger partial charge in [-0.15, -0.1) is 0 Å². The van der Waals surface area contributed by atoms with Crippen molar-refractivity contribution in [3.63, 3.8) is 0 Å². The van der Waals surface area contributed by atoms with Gasteiger partial charge < -0.3 is 10.7 Å². The Balaban J connectivity index is 1.90. The van der Waals surface area contributed by atoms with Crippen LogP contribution in [0, 0.1) is 0 Å². The zero-order valence-corrected chi connectivity index (χ0v) is 10.2. The number of H-pyrrole nitrogens is 2. The topological polar surface area (TPSA) is 92.5 Å². The predicted molar refractivity (Wildman–Crippen MR) is 72.8 cm³/mol. The molecule has 19 heavy (non-hydrogen) atoms. The Bertz CT molecular complexity index is 821. The summed E-state index contributed by atoms with van der Waals surface area (Å²) >= 11 is 0. The largest absolute Gasteiger partial charge is 0.382 e. The molecule has 4 rings (SSSR count). The van der Waals surface area contributed by atoms with E-state index >= 15 is 0 Å². The summed E-state index contributed by atoms with van der Waals surface area (Å²) in [6.45, 7) is 0. The first-order valence-electron chi connectivity index (χ1n) is 6.28. The molecule has 2 aromatic heterocycles. The molecule has 0 saturated heterocycles. The maximum absolute atomic E-state index is 11.9. The minimum absolute atomic E-state index is 0.0289. The molecule has 6 heteroatoms. The van der Waals surface area contributed by atoms with Crippen molar-refractivity contribution < 1.29 is 0 Å². The van der Waals surface area contributed by atoms with E-state index < -0.39 is 0 Å². The molecule has 0 unspecified atom stereocenters. The van der Waals surface area contributed by atoms with Gasteiger partial charge in [-0.05, 0) is 25.0 Å².